The van der Waals surface area contributed by atoms with Gasteiger partial charge in [-0.3, -0.25) is 0 Å². The van der Waals surface area contributed by atoms with Crippen molar-refractivity contribution < 1.29 is 0 Å². The average molecular weight is 198 g/mol. The Morgan fingerprint density at radius 2 is 1.93 bits per heavy atom. The zero-order valence-electron chi connectivity index (χ0n) is 10.1. The molecule has 14 heavy (non-hydrogen) atoms. The van der Waals surface area contributed by atoms with Gasteiger partial charge in [0.05, 0.1) is 0 Å². The monoisotopic (exact) mass is 198 g/mol. The Morgan fingerprint density at radius 3 is 2.64 bits per heavy atom. The second-order valence-electron chi connectivity index (χ2n) is 4.80. The zero-order chi connectivity index (χ0) is 10.4. The molecule has 1 aliphatic heterocycles. The molecule has 0 spiro atoms. The molecule has 0 aliphatic carbocycles. The van der Waals surface area contributed by atoms with Gasteiger partial charge < -0.3 is 9.80 Å². The van der Waals surface area contributed by atoms with E-state index in [1.807, 2.05) is 0 Å². The van der Waals surface area contributed by atoms with Crippen LogP contribution in [0.3, 0.4) is 0 Å². The standard InChI is InChI=1S/C12H26N2/c1-4-12(2)6-9-14-8-5-7-13(3)10-11-14/h12H,4-11H2,1-3H3/t12-/m1/s1. The van der Waals surface area contributed by atoms with E-state index < -0.39 is 0 Å². The highest BCUT2D eigenvalue weighted by molar-refractivity contribution is 4.67. The predicted molar refractivity (Wildman–Crippen MR) is 62.6 cm³/mol. The summed E-state index contributed by atoms with van der Waals surface area (Å²) in [5.74, 6) is 0.899. The summed E-state index contributed by atoms with van der Waals surface area (Å²) < 4.78 is 0. The maximum absolute atomic E-state index is 2.63. The number of likely N-dealkylation sites (N-methyl/N-ethyl adjacent to an activating group) is 1. The molecule has 84 valence electrons. The van der Waals surface area contributed by atoms with Gasteiger partial charge in [-0.1, -0.05) is 20.3 Å². The van der Waals surface area contributed by atoms with Gasteiger partial charge in [0.25, 0.3) is 0 Å². The van der Waals surface area contributed by atoms with Gasteiger partial charge in [0.15, 0.2) is 0 Å². The molecule has 0 unspecified atom stereocenters. The molecule has 0 N–H and O–H groups in total. The Balaban J connectivity index is 2.17. The summed E-state index contributed by atoms with van der Waals surface area (Å²) in [4.78, 5) is 5.08. The Kier molecular flexibility index (Phi) is 5.49. The lowest BCUT2D eigenvalue weighted by Crippen LogP contribution is -2.30. The average Bonchev–Trinajstić information content (AvgIpc) is 2.39. The highest BCUT2D eigenvalue weighted by atomic mass is 15.2. The molecule has 0 amide bonds. The van der Waals surface area contributed by atoms with E-state index >= 15 is 0 Å². The van der Waals surface area contributed by atoms with Crippen LogP contribution < -0.4 is 0 Å². The first-order valence-corrected chi connectivity index (χ1v) is 6.13. The summed E-state index contributed by atoms with van der Waals surface area (Å²) in [6.45, 7) is 11.1. The van der Waals surface area contributed by atoms with Crippen LogP contribution >= 0.6 is 0 Å². The molecule has 0 aromatic heterocycles. The molecule has 2 nitrogen and oxygen atoms in total. The van der Waals surface area contributed by atoms with Crippen LogP contribution in [0.4, 0.5) is 0 Å². The van der Waals surface area contributed by atoms with Crippen molar-refractivity contribution in [3.63, 3.8) is 0 Å². The van der Waals surface area contributed by atoms with E-state index in [1.54, 1.807) is 0 Å². The topological polar surface area (TPSA) is 6.48 Å². The molecule has 0 aromatic carbocycles. The summed E-state index contributed by atoms with van der Waals surface area (Å²) >= 11 is 0. The lowest BCUT2D eigenvalue weighted by Gasteiger charge is -2.21. The molecule has 0 bridgehead atoms. The van der Waals surface area contributed by atoms with Crippen LogP contribution in [0.15, 0.2) is 0 Å². The lowest BCUT2D eigenvalue weighted by atomic mass is 10.1. The van der Waals surface area contributed by atoms with E-state index in [0.29, 0.717) is 0 Å². The molecule has 0 radical (unpaired) electrons. The second kappa shape index (κ2) is 6.41. The minimum atomic E-state index is 0.899. The van der Waals surface area contributed by atoms with E-state index in [4.69, 9.17) is 0 Å². The van der Waals surface area contributed by atoms with Gasteiger partial charge in [0, 0.05) is 13.1 Å². The number of nitrogens with zero attached hydrogens (tertiary/aromatic N) is 2. The van der Waals surface area contributed by atoms with Crippen LogP contribution in [-0.2, 0) is 0 Å². The third-order valence-corrected chi connectivity index (χ3v) is 3.45. The van der Waals surface area contributed by atoms with E-state index in [-0.39, 0.29) is 0 Å². The zero-order valence-corrected chi connectivity index (χ0v) is 10.1. The van der Waals surface area contributed by atoms with Crippen molar-refractivity contribution in [2.45, 2.75) is 33.1 Å². The first-order valence-electron chi connectivity index (χ1n) is 6.13. The fourth-order valence-electron chi connectivity index (χ4n) is 1.93. The van der Waals surface area contributed by atoms with Gasteiger partial charge in [-0.05, 0) is 45.4 Å². The minimum absolute atomic E-state index is 0.899. The molecule has 0 aromatic rings. The van der Waals surface area contributed by atoms with Crippen molar-refractivity contribution >= 4 is 0 Å². The second-order valence-corrected chi connectivity index (χ2v) is 4.80. The highest BCUT2D eigenvalue weighted by Crippen LogP contribution is 2.09. The predicted octanol–water partition coefficient (Wildman–Crippen LogP) is 2.06. The summed E-state index contributed by atoms with van der Waals surface area (Å²) in [7, 11) is 2.23. The van der Waals surface area contributed by atoms with Gasteiger partial charge >= 0.3 is 0 Å². The van der Waals surface area contributed by atoms with Gasteiger partial charge in [-0.15, -0.1) is 0 Å². The fraction of sp³-hybridized carbons (Fsp3) is 1.00. The van der Waals surface area contributed by atoms with Crippen LogP contribution in [0.5, 0.6) is 0 Å². The van der Waals surface area contributed by atoms with Crippen molar-refractivity contribution in [3.05, 3.63) is 0 Å². The van der Waals surface area contributed by atoms with Gasteiger partial charge in [0.2, 0.25) is 0 Å². The van der Waals surface area contributed by atoms with Gasteiger partial charge in [-0.2, -0.15) is 0 Å². The molecular weight excluding hydrogens is 172 g/mol. The Morgan fingerprint density at radius 1 is 1.14 bits per heavy atom. The summed E-state index contributed by atoms with van der Waals surface area (Å²) in [5.41, 5.74) is 0. The Labute approximate surface area is 89.3 Å². The molecule has 1 atom stereocenters. The molecule has 1 rings (SSSR count). The summed E-state index contributed by atoms with van der Waals surface area (Å²) in [5, 5.41) is 0. The van der Waals surface area contributed by atoms with Crippen molar-refractivity contribution in [2.24, 2.45) is 5.92 Å². The van der Waals surface area contributed by atoms with Crippen molar-refractivity contribution in [3.8, 4) is 0 Å². The third kappa shape index (κ3) is 4.43. The first-order chi connectivity index (χ1) is 6.72. The molecule has 1 heterocycles. The molecule has 1 fully saturated rings. The fourth-order valence-corrected chi connectivity index (χ4v) is 1.93. The molecule has 1 aliphatic rings. The van der Waals surface area contributed by atoms with Gasteiger partial charge in [-0.25, -0.2) is 0 Å². The Bertz CT molecular complexity index is 147. The summed E-state index contributed by atoms with van der Waals surface area (Å²) in [6, 6.07) is 0. The highest BCUT2D eigenvalue weighted by Gasteiger charge is 2.12. The summed E-state index contributed by atoms with van der Waals surface area (Å²) in [6.07, 6.45) is 4.05. The number of hydrogen-bond acceptors (Lipinski definition) is 2. The number of rotatable bonds is 4. The maximum Gasteiger partial charge on any atom is 0.0109 e. The van der Waals surface area contributed by atoms with Crippen molar-refractivity contribution in [2.75, 3.05) is 39.8 Å². The SMILES string of the molecule is CC[C@@H](C)CCN1CCCN(C)CC1. The minimum Gasteiger partial charge on any atom is -0.305 e. The van der Waals surface area contributed by atoms with Crippen LogP contribution in [0.25, 0.3) is 0 Å². The van der Waals surface area contributed by atoms with Crippen LogP contribution in [0.2, 0.25) is 0 Å². The van der Waals surface area contributed by atoms with E-state index in [0.717, 1.165) is 5.92 Å². The normalized spacial score (nSPS) is 23.4. The number of hydrogen-bond donors (Lipinski definition) is 0. The Hall–Kier alpha value is -0.0800. The van der Waals surface area contributed by atoms with E-state index in [2.05, 4.69) is 30.7 Å². The van der Waals surface area contributed by atoms with Crippen LogP contribution in [-0.4, -0.2) is 49.6 Å². The molecule has 0 saturated carbocycles. The van der Waals surface area contributed by atoms with Crippen LogP contribution in [0, 0.1) is 5.92 Å². The largest absolute Gasteiger partial charge is 0.305 e. The first kappa shape index (κ1) is 12.0. The molecule has 1 saturated heterocycles. The van der Waals surface area contributed by atoms with E-state index in [1.165, 1.54) is 52.0 Å². The third-order valence-electron chi connectivity index (χ3n) is 3.45. The lowest BCUT2D eigenvalue weighted by molar-refractivity contribution is 0.257. The van der Waals surface area contributed by atoms with Crippen LogP contribution in [0.1, 0.15) is 33.1 Å². The van der Waals surface area contributed by atoms with Crippen molar-refractivity contribution in [1.29, 1.82) is 0 Å². The quantitative estimate of drug-likeness (QED) is 0.682. The van der Waals surface area contributed by atoms with Crippen molar-refractivity contribution in [1.82, 2.24) is 9.80 Å². The molecular formula is C12H26N2. The molecule has 2 heteroatoms. The smallest absolute Gasteiger partial charge is 0.0109 e. The maximum atomic E-state index is 2.63. The van der Waals surface area contributed by atoms with Gasteiger partial charge in [0.1, 0.15) is 0 Å². The van der Waals surface area contributed by atoms with E-state index in [9.17, 15) is 0 Å².